The second-order valence-electron chi connectivity index (χ2n) is 15.8. The largest absolute Gasteiger partial charge is 0.449 e. The monoisotopic (exact) mass is 821 g/mol. The van der Waals surface area contributed by atoms with Crippen molar-refractivity contribution < 1.29 is 8.83 Å². The van der Waals surface area contributed by atoms with Gasteiger partial charge in [0, 0.05) is 27.6 Å². The van der Waals surface area contributed by atoms with Gasteiger partial charge in [0.05, 0.1) is 11.0 Å². The van der Waals surface area contributed by atoms with E-state index in [1.54, 1.807) is 0 Å². The first-order valence-electron chi connectivity index (χ1n) is 20.2. The predicted octanol–water partition coefficient (Wildman–Crippen LogP) is 15.1. The van der Waals surface area contributed by atoms with E-state index in [9.17, 15) is 0 Å². The first-order valence-corrected chi connectivity index (χ1v) is 21.0. The van der Waals surface area contributed by atoms with Crippen LogP contribution < -0.4 is 0 Å². The standard InChI is InChI=1S/C27H17NO.C20H14.C8H5BrO/c1-3-9-20-17(7-1)13-19-14-25-23(16-22(19)20)21-10-4-5-11-24(21)28(25)27-15-18-8-2-6-12-26(18)29-27;1-3-7-17-13(5-1)9-15-11-16-10-14-6-2-4-8-18(14)20(16)12-19(15)17;9-8-5-6-3-1-2-4-7(6)10-8/h1-12,14-16H,13H2;1-8,11-12H,9-10H2;1-5H. The number of para-hydroxylation sites is 3. The van der Waals surface area contributed by atoms with Crippen molar-refractivity contribution in [2.75, 3.05) is 0 Å². The third-order valence-corrected chi connectivity index (χ3v) is 12.7. The Hall–Kier alpha value is -6.88. The summed E-state index contributed by atoms with van der Waals surface area (Å²) in [5, 5.41) is 4.79. The van der Waals surface area contributed by atoms with Gasteiger partial charge in [-0.1, -0.05) is 133 Å². The van der Waals surface area contributed by atoms with Gasteiger partial charge in [-0.05, 0) is 144 Å². The van der Waals surface area contributed by atoms with Crippen LogP contribution >= 0.6 is 15.9 Å². The van der Waals surface area contributed by atoms with Crippen LogP contribution in [0.15, 0.2) is 195 Å². The number of nitrogens with zero attached hydrogens (tertiary/aromatic N) is 1. The molecule has 0 aliphatic heterocycles. The van der Waals surface area contributed by atoms with E-state index in [2.05, 4.69) is 160 Å². The Kier molecular flexibility index (Phi) is 7.89. The number of fused-ring (bicyclic) bond motifs is 14. The molecule has 11 aromatic rings. The Morgan fingerprint density at radius 1 is 0.356 bits per heavy atom. The van der Waals surface area contributed by atoms with E-state index in [1.807, 2.05) is 42.5 Å². The van der Waals surface area contributed by atoms with E-state index < -0.39 is 0 Å². The molecule has 4 heteroatoms. The van der Waals surface area contributed by atoms with Gasteiger partial charge in [-0.2, -0.15) is 0 Å². The van der Waals surface area contributed by atoms with Crippen molar-refractivity contribution in [1.29, 1.82) is 0 Å². The molecule has 0 unspecified atom stereocenters. The molecule has 0 fully saturated rings. The van der Waals surface area contributed by atoms with Crippen LogP contribution in [0, 0.1) is 0 Å². The minimum atomic E-state index is 0.786. The summed E-state index contributed by atoms with van der Waals surface area (Å²) >= 11 is 3.26. The number of furan rings is 2. The summed E-state index contributed by atoms with van der Waals surface area (Å²) in [5.74, 6) is 0.868. The molecule has 3 aliphatic carbocycles. The lowest BCUT2D eigenvalue weighted by Gasteiger charge is -2.06. The molecule has 0 N–H and O–H groups in total. The van der Waals surface area contributed by atoms with Crippen molar-refractivity contribution in [3.63, 3.8) is 0 Å². The highest BCUT2D eigenvalue weighted by Crippen LogP contribution is 2.45. The van der Waals surface area contributed by atoms with Crippen molar-refractivity contribution >= 4 is 59.7 Å². The molecule has 0 atom stereocenters. The molecule has 280 valence electrons. The molecule has 14 rings (SSSR count). The summed E-state index contributed by atoms with van der Waals surface area (Å²) in [6.45, 7) is 0. The average Bonchev–Trinajstić information content (AvgIpc) is 4.12. The minimum Gasteiger partial charge on any atom is -0.449 e. The van der Waals surface area contributed by atoms with Crippen molar-refractivity contribution in [1.82, 2.24) is 4.57 Å². The molecule has 0 saturated carbocycles. The molecule has 59 heavy (non-hydrogen) atoms. The molecule has 3 heterocycles. The van der Waals surface area contributed by atoms with E-state index in [1.165, 1.54) is 88.6 Å². The maximum absolute atomic E-state index is 6.27. The van der Waals surface area contributed by atoms with Gasteiger partial charge in [0.2, 0.25) is 5.88 Å². The van der Waals surface area contributed by atoms with E-state index in [0.717, 1.165) is 51.8 Å². The minimum absolute atomic E-state index is 0.786. The lowest BCUT2D eigenvalue weighted by molar-refractivity contribution is 0.587. The zero-order chi connectivity index (χ0) is 39.0. The molecular weight excluding hydrogens is 787 g/mol. The first kappa shape index (κ1) is 34.2. The van der Waals surface area contributed by atoms with E-state index in [-0.39, 0.29) is 0 Å². The van der Waals surface area contributed by atoms with Gasteiger partial charge in [0.15, 0.2) is 4.67 Å². The van der Waals surface area contributed by atoms with Crippen molar-refractivity contribution in [2.45, 2.75) is 19.3 Å². The van der Waals surface area contributed by atoms with Crippen LogP contribution in [0.4, 0.5) is 0 Å². The van der Waals surface area contributed by atoms with Gasteiger partial charge < -0.3 is 8.83 Å². The highest BCUT2D eigenvalue weighted by Gasteiger charge is 2.25. The maximum Gasteiger partial charge on any atom is 0.205 e. The summed E-state index contributed by atoms with van der Waals surface area (Å²) in [5.41, 5.74) is 21.4. The lowest BCUT2D eigenvalue weighted by atomic mass is 9.98. The molecule has 8 aromatic carbocycles. The highest BCUT2D eigenvalue weighted by atomic mass is 79.9. The molecule has 0 amide bonds. The average molecular weight is 823 g/mol. The van der Waals surface area contributed by atoms with Crippen LogP contribution in [0.5, 0.6) is 0 Å². The molecule has 3 aromatic heterocycles. The third-order valence-electron chi connectivity index (χ3n) is 12.3. The van der Waals surface area contributed by atoms with E-state index in [0.29, 0.717) is 0 Å². The summed E-state index contributed by atoms with van der Waals surface area (Å²) in [6.07, 6.45) is 3.17. The topological polar surface area (TPSA) is 31.2 Å². The number of hydrogen-bond acceptors (Lipinski definition) is 2. The van der Waals surface area contributed by atoms with Gasteiger partial charge in [0.25, 0.3) is 0 Å². The second kappa shape index (κ2) is 13.6. The molecule has 0 radical (unpaired) electrons. The van der Waals surface area contributed by atoms with Crippen LogP contribution in [-0.4, -0.2) is 4.57 Å². The van der Waals surface area contributed by atoms with E-state index >= 15 is 0 Å². The van der Waals surface area contributed by atoms with Crippen molar-refractivity contribution in [2.24, 2.45) is 0 Å². The van der Waals surface area contributed by atoms with Crippen molar-refractivity contribution in [3.8, 4) is 39.3 Å². The molecule has 3 aliphatic rings. The van der Waals surface area contributed by atoms with Gasteiger partial charge in [-0.3, -0.25) is 4.57 Å². The zero-order valence-electron chi connectivity index (χ0n) is 32.1. The van der Waals surface area contributed by atoms with Crippen molar-refractivity contribution in [3.05, 3.63) is 220 Å². The summed E-state index contributed by atoms with van der Waals surface area (Å²) in [4.78, 5) is 0. The Labute approximate surface area is 349 Å². The maximum atomic E-state index is 6.27. The lowest BCUT2D eigenvalue weighted by Crippen LogP contribution is -1.92. The summed E-state index contributed by atoms with van der Waals surface area (Å²) in [7, 11) is 0. The molecule has 3 nitrogen and oxygen atoms in total. The quantitative estimate of drug-likeness (QED) is 0.165. The van der Waals surface area contributed by atoms with Crippen LogP contribution in [0.2, 0.25) is 0 Å². The summed E-state index contributed by atoms with van der Waals surface area (Å²) < 4.78 is 14.6. The fraction of sp³-hybridized carbons (Fsp3) is 0.0545. The molecule has 0 saturated heterocycles. The number of rotatable bonds is 1. The number of aromatic nitrogens is 1. The van der Waals surface area contributed by atoms with Crippen LogP contribution in [0.3, 0.4) is 0 Å². The molecular formula is C55H36BrNO2. The second-order valence-corrected chi connectivity index (χ2v) is 16.5. The smallest absolute Gasteiger partial charge is 0.205 e. The molecule has 0 spiro atoms. The van der Waals surface area contributed by atoms with Gasteiger partial charge in [0.1, 0.15) is 11.2 Å². The fourth-order valence-electron chi connectivity index (χ4n) is 9.64. The summed E-state index contributed by atoms with van der Waals surface area (Å²) in [6, 6.07) is 64.8. The Morgan fingerprint density at radius 2 is 0.847 bits per heavy atom. The number of hydrogen-bond donors (Lipinski definition) is 0. The fourth-order valence-corrected chi connectivity index (χ4v) is 10.1. The zero-order valence-corrected chi connectivity index (χ0v) is 33.7. The normalized spacial score (nSPS) is 12.6. The molecule has 0 bridgehead atoms. The van der Waals surface area contributed by atoms with Gasteiger partial charge in [-0.25, -0.2) is 0 Å². The number of benzene rings is 8. The van der Waals surface area contributed by atoms with Crippen LogP contribution in [0.25, 0.3) is 83.0 Å². The van der Waals surface area contributed by atoms with E-state index in [4.69, 9.17) is 8.83 Å². The predicted molar refractivity (Wildman–Crippen MR) is 246 cm³/mol. The Balaban J connectivity index is 0.000000108. The third kappa shape index (κ3) is 5.70. The number of halogens is 1. The van der Waals surface area contributed by atoms with Crippen LogP contribution in [-0.2, 0) is 19.3 Å². The highest BCUT2D eigenvalue weighted by molar-refractivity contribution is 9.10. The Morgan fingerprint density at radius 3 is 1.46 bits per heavy atom. The van der Waals surface area contributed by atoms with Crippen LogP contribution in [0.1, 0.15) is 33.4 Å². The first-order chi connectivity index (χ1) is 29.1. The van der Waals surface area contributed by atoms with Gasteiger partial charge in [-0.15, -0.1) is 0 Å². The Bertz CT molecular complexity index is 3320. The van der Waals surface area contributed by atoms with Gasteiger partial charge >= 0.3 is 0 Å². The SMILES string of the molecule is Brc1cc2ccccc2o1.c1ccc2c(c1)Cc1cc3c(cc1-2)-c1ccccc1C3.c1ccc2c(c1)Cc1cc3c(cc1-2)c1ccccc1n3-c1cc2ccccc2o1.